The molecule has 17 heavy (non-hydrogen) atoms. The molecule has 0 saturated carbocycles. The summed E-state index contributed by atoms with van der Waals surface area (Å²) in [6.45, 7) is 4.28. The van der Waals surface area contributed by atoms with Crippen LogP contribution in [0.2, 0.25) is 0 Å². The van der Waals surface area contributed by atoms with Gasteiger partial charge < -0.3 is 10.1 Å². The number of hydrogen-bond donors (Lipinski definition) is 1. The summed E-state index contributed by atoms with van der Waals surface area (Å²) in [5.74, 6) is 0.883. The van der Waals surface area contributed by atoms with Gasteiger partial charge in [-0.25, -0.2) is 4.39 Å². The van der Waals surface area contributed by atoms with E-state index in [9.17, 15) is 4.39 Å². The van der Waals surface area contributed by atoms with Gasteiger partial charge in [0.15, 0.2) is 11.6 Å². The molecule has 0 bridgehead atoms. The van der Waals surface area contributed by atoms with Crippen LogP contribution < -0.4 is 10.1 Å². The summed E-state index contributed by atoms with van der Waals surface area (Å²) in [5.41, 5.74) is 0.667. The van der Waals surface area contributed by atoms with Crippen LogP contribution in [0.4, 0.5) is 4.39 Å². The average molecular weight is 257 g/mol. The normalized spacial score (nSPS) is 12.8. The van der Waals surface area contributed by atoms with E-state index in [0.717, 1.165) is 5.75 Å². The molecule has 0 heterocycles. The van der Waals surface area contributed by atoms with Crippen LogP contribution in [0.5, 0.6) is 5.75 Å². The van der Waals surface area contributed by atoms with Gasteiger partial charge in [-0.1, -0.05) is 26.0 Å². The predicted molar refractivity (Wildman–Crippen MR) is 72.3 cm³/mol. The molecule has 0 spiro atoms. The van der Waals surface area contributed by atoms with Crippen LogP contribution in [0.15, 0.2) is 18.2 Å². The van der Waals surface area contributed by atoms with E-state index in [2.05, 4.69) is 19.2 Å². The fourth-order valence-electron chi connectivity index (χ4n) is 1.57. The number of rotatable bonds is 6. The Kier molecular flexibility index (Phi) is 5.78. The summed E-state index contributed by atoms with van der Waals surface area (Å²) in [7, 11) is 3.34. The van der Waals surface area contributed by atoms with Crippen molar-refractivity contribution in [3.8, 4) is 5.75 Å². The Labute approximate surface area is 107 Å². The highest BCUT2D eigenvalue weighted by Gasteiger charge is 2.17. The molecule has 2 nitrogen and oxygen atoms in total. The van der Waals surface area contributed by atoms with Crippen molar-refractivity contribution >= 4 is 11.8 Å². The van der Waals surface area contributed by atoms with E-state index in [-0.39, 0.29) is 11.9 Å². The topological polar surface area (TPSA) is 21.3 Å². The summed E-state index contributed by atoms with van der Waals surface area (Å²) in [6.07, 6.45) is 0. The van der Waals surface area contributed by atoms with Crippen molar-refractivity contribution in [1.82, 2.24) is 5.32 Å². The van der Waals surface area contributed by atoms with Crippen molar-refractivity contribution in [2.24, 2.45) is 0 Å². The largest absolute Gasteiger partial charge is 0.494 e. The Morgan fingerprint density at radius 1 is 1.41 bits per heavy atom. The van der Waals surface area contributed by atoms with Gasteiger partial charge in [-0.2, -0.15) is 11.8 Å². The number of nitrogens with one attached hydrogen (secondary N) is 1. The van der Waals surface area contributed by atoms with Crippen LogP contribution in [0.25, 0.3) is 0 Å². The van der Waals surface area contributed by atoms with Crippen molar-refractivity contribution < 1.29 is 9.13 Å². The zero-order valence-electron chi connectivity index (χ0n) is 10.8. The molecule has 0 aromatic heterocycles. The Morgan fingerprint density at radius 2 is 2.12 bits per heavy atom. The predicted octanol–water partition coefficient (Wildman–Crippen LogP) is 3.24. The zero-order valence-corrected chi connectivity index (χ0v) is 11.6. The second kappa shape index (κ2) is 6.87. The molecule has 1 rings (SSSR count). The minimum atomic E-state index is -0.265. The van der Waals surface area contributed by atoms with Gasteiger partial charge in [0, 0.05) is 17.4 Å². The SMILES string of the molecule is CNC(CSC(C)C)c1cccc(OC)c1F. The van der Waals surface area contributed by atoms with E-state index in [4.69, 9.17) is 4.74 Å². The summed E-state index contributed by atoms with van der Waals surface area (Å²) in [5, 5.41) is 3.69. The molecular formula is C13H20FNOS. The molecule has 0 aliphatic carbocycles. The van der Waals surface area contributed by atoms with Crippen LogP contribution in [-0.4, -0.2) is 25.2 Å². The fourth-order valence-corrected chi connectivity index (χ4v) is 2.50. The molecule has 4 heteroatoms. The van der Waals surface area contributed by atoms with Crippen molar-refractivity contribution in [2.75, 3.05) is 19.9 Å². The fraction of sp³-hybridized carbons (Fsp3) is 0.538. The van der Waals surface area contributed by atoms with Crippen LogP contribution in [0, 0.1) is 5.82 Å². The maximum Gasteiger partial charge on any atom is 0.169 e. The Bertz CT molecular complexity index is 357. The molecule has 1 N–H and O–H groups in total. The van der Waals surface area contributed by atoms with Gasteiger partial charge in [0.1, 0.15) is 0 Å². The van der Waals surface area contributed by atoms with Crippen molar-refractivity contribution in [1.29, 1.82) is 0 Å². The van der Waals surface area contributed by atoms with Gasteiger partial charge in [0.05, 0.1) is 7.11 Å². The Morgan fingerprint density at radius 3 is 2.65 bits per heavy atom. The third-order valence-electron chi connectivity index (χ3n) is 2.53. The highest BCUT2D eigenvalue weighted by Crippen LogP contribution is 2.27. The van der Waals surface area contributed by atoms with Crippen molar-refractivity contribution in [3.05, 3.63) is 29.6 Å². The summed E-state index contributed by atoms with van der Waals surface area (Å²) < 4.78 is 19.1. The van der Waals surface area contributed by atoms with E-state index in [1.807, 2.05) is 24.9 Å². The average Bonchev–Trinajstić information content (AvgIpc) is 2.31. The van der Waals surface area contributed by atoms with E-state index in [1.165, 1.54) is 7.11 Å². The van der Waals surface area contributed by atoms with Crippen LogP contribution >= 0.6 is 11.8 Å². The lowest BCUT2D eigenvalue weighted by Gasteiger charge is -2.19. The van der Waals surface area contributed by atoms with Crippen LogP contribution in [-0.2, 0) is 0 Å². The second-order valence-electron chi connectivity index (χ2n) is 4.09. The molecule has 0 radical (unpaired) electrons. The first-order valence-corrected chi connectivity index (χ1v) is 6.76. The number of halogens is 1. The Hall–Kier alpha value is -0.740. The minimum absolute atomic E-state index is 0.0116. The zero-order chi connectivity index (χ0) is 12.8. The number of methoxy groups -OCH3 is 1. The van der Waals surface area contributed by atoms with Gasteiger partial charge in [0.25, 0.3) is 0 Å². The van der Waals surface area contributed by atoms with Crippen molar-refractivity contribution in [2.45, 2.75) is 25.1 Å². The van der Waals surface area contributed by atoms with Crippen LogP contribution in [0.1, 0.15) is 25.5 Å². The first-order chi connectivity index (χ1) is 8.10. The standard InChI is InChI=1S/C13H20FNOS/c1-9(2)17-8-11(15-3)10-6-5-7-12(16-4)13(10)14/h5-7,9,11,15H,8H2,1-4H3. The molecule has 0 saturated heterocycles. The molecule has 0 aliphatic rings. The summed E-state index contributed by atoms with van der Waals surface area (Å²) >= 11 is 1.81. The third-order valence-corrected chi connectivity index (χ3v) is 3.73. The molecule has 0 amide bonds. The highest BCUT2D eigenvalue weighted by atomic mass is 32.2. The van der Waals surface area contributed by atoms with E-state index in [1.54, 1.807) is 12.1 Å². The molecule has 0 aliphatic heterocycles. The third kappa shape index (κ3) is 3.89. The van der Waals surface area contributed by atoms with Gasteiger partial charge in [-0.05, 0) is 18.4 Å². The molecule has 1 atom stereocenters. The number of benzene rings is 1. The van der Waals surface area contributed by atoms with Gasteiger partial charge in [0.2, 0.25) is 0 Å². The van der Waals surface area contributed by atoms with Gasteiger partial charge in [-0.3, -0.25) is 0 Å². The van der Waals surface area contributed by atoms with Crippen LogP contribution in [0.3, 0.4) is 0 Å². The lowest BCUT2D eigenvalue weighted by Crippen LogP contribution is -2.21. The number of ether oxygens (including phenoxy) is 1. The lowest BCUT2D eigenvalue weighted by atomic mass is 10.1. The van der Waals surface area contributed by atoms with Gasteiger partial charge >= 0.3 is 0 Å². The lowest BCUT2D eigenvalue weighted by molar-refractivity contribution is 0.381. The molecule has 1 aromatic carbocycles. The first-order valence-electron chi connectivity index (χ1n) is 5.71. The summed E-state index contributed by atoms with van der Waals surface area (Å²) in [6, 6.07) is 5.28. The quantitative estimate of drug-likeness (QED) is 0.845. The van der Waals surface area contributed by atoms with Crippen molar-refractivity contribution in [3.63, 3.8) is 0 Å². The molecule has 1 aromatic rings. The smallest absolute Gasteiger partial charge is 0.169 e. The van der Waals surface area contributed by atoms with Gasteiger partial charge in [-0.15, -0.1) is 0 Å². The second-order valence-corrected chi connectivity index (χ2v) is 5.70. The summed E-state index contributed by atoms with van der Waals surface area (Å²) in [4.78, 5) is 0. The molecule has 0 fully saturated rings. The maximum absolute atomic E-state index is 14.1. The van der Waals surface area contributed by atoms with E-state index < -0.39 is 0 Å². The number of hydrogen-bond acceptors (Lipinski definition) is 3. The Balaban J connectivity index is 2.87. The van der Waals surface area contributed by atoms with E-state index >= 15 is 0 Å². The maximum atomic E-state index is 14.1. The monoisotopic (exact) mass is 257 g/mol. The first kappa shape index (κ1) is 14.3. The molecule has 1 unspecified atom stereocenters. The highest BCUT2D eigenvalue weighted by molar-refractivity contribution is 7.99. The molecule has 96 valence electrons. The minimum Gasteiger partial charge on any atom is -0.494 e. The molecular weight excluding hydrogens is 237 g/mol. The number of thioether (sulfide) groups is 1. The van der Waals surface area contributed by atoms with E-state index in [0.29, 0.717) is 16.6 Å².